The largest absolute Gasteiger partial charge is 0.503 e. The van der Waals surface area contributed by atoms with Crippen LogP contribution in [0, 0.1) is 5.92 Å². The normalized spacial score (nSPS) is 23.8. The van der Waals surface area contributed by atoms with Gasteiger partial charge in [0.25, 0.3) is 0 Å². The SMILES string of the molecule is COc1cc(-c2ccc3ncc(C(=O)C4CC4)c(N[C@H]4C[C@H]5CC[C@@H](C4)N5)c3c2)cc(Cl)c1O. The van der Waals surface area contributed by atoms with Crippen molar-refractivity contribution < 1.29 is 14.6 Å². The maximum atomic E-state index is 13.2. The van der Waals surface area contributed by atoms with Crippen LogP contribution in [0.3, 0.4) is 0 Å². The minimum Gasteiger partial charge on any atom is -0.503 e. The molecule has 3 aromatic rings. The van der Waals surface area contributed by atoms with Gasteiger partial charge in [-0.3, -0.25) is 9.78 Å². The van der Waals surface area contributed by atoms with Crippen LogP contribution < -0.4 is 15.4 Å². The molecule has 176 valence electrons. The number of ketones is 1. The van der Waals surface area contributed by atoms with Crippen LogP contribution in [0.25, 0.3) is 22.0 Å². The number of methoxy groups -OCH3 is 1. The van der Waals surface area contributed by atoms with Gasteiger partial charge in [0, 0.05) is 35.6 Å². The van der Waals surface area contributed by atoms with Crippen molar-refractivity contribution in [3.05, 3.63) is 47.1 Å². The lowest BCUT2D eigenvalue weighted by atomic mass is 9.96. The van der Waals surface area contributed by atoms with Gasteiger partial charge < -0.3 is 20.5 Å². The van der Waals surface area contributed by atoms with Gasteiger partial charge >= 0.3 is 0 Å². The molecule has 3 heterocycles. The number of nitrogens with one attached hydrogen (secondary N) is 2. The number of benzene rings is 2. The lowest BCUT2D eigenvalue weighted by Crippen LogP contribution is -2.43. The fourth-order valence-electron chi connectivity index (χ4n) is 5.56. The van der Waals surface area contributed by atoms with Crippen LogP contribution in [-0.2, 0) is 0 Å². The highest BCUT2D eigenvalue weighted by molar-refractivity contribution is 6.32. The number of fused-ring (bicyclic) bond motifs is 3. The molecule has 0 radical (unpaired) electrons. The molecule has 2 aliphatic heterocycles. The maximum absolute atomic E-state index is 13.2. The minimum atomic E-state index is -0.0735. The molecule has 1 aliphatic carbocycles. The molecular weight excluding hydrogens is 450 g/mol. The highest BCUT2D eigenvalue weighted by atomic mass is 35.5. The number of aromatic nitrogens is 1. The van der Waals surface area contributed by atoms with Gasteiger partial charge in [-0.1, -0.05) is 17.7 Å². The van der Waals surface area contributed by atoms with Crippen LogP contribution in [0.4, 0.5) is 5.69 Å². The molecule has 2 aromatic carbocycles. The molecule has 2 saturated heterocycles. The van der Waals surface area contributed by atoms with E-state index in [2.05, 4.69) is 21.7 Å². The van der Waals surface area contributed by atoms with Crippen LogP contribution in [0.2, 0.25) is 5.02 Å². The van der Waals surface area contributed by atoms with Crippen molar-refractivity contribution in [2.24, 2.45) is 5.92 Å². The van der Waals surface area contributed by atoms with E-state index in [1.165, 1.54) is 20.0 Å². The summed E-state index contributed by atoms with van der Waals surface area (Å²) in [5, 5.41) is 18.8. The van der Waals surface area contributed by atoms with Crippen LogP contribution in [0.15, 0.2) is 36.5 Å². The van der Waals surface area contributed by atoms with Gasteiger partial charge in [0.1, 0.15) is 0 Å². The lowest BCUT2D eigenvalue weighted by molar-refractivity contribution is 0.0968. The summed E-state index contributed by atoms with van der Waals surface area (Å²) in [5.74, 6) is 0.554. The third-order valence-corrected chi connectivity index (χ3v) is 7.77. The van der Waals surface area contributed by atoms with E-state index in [1.807, 2.05) is 12.1 Å². The monoisotopic (exact) mass is 477 g/mol. The van der Waals surface area contributed by atoms with E-state index in [0.717, 1.165) is 53.4 Å². The molecule has 0 amide bonds. The number of Topliss-reactive ketones (excluding diaryl/α,β-unsaturated/α-hetero) is 1. The van der Waals surface area contributed by atoms with Gasteiger partial charge in [-0.25, -0.2) is 0 Å². The van der Waals surface area contributed by atoms with Gasteiger partial charge in [-0.2, -0.15) is 0 Å². The number of pyridine rings is 1. The topological polar surface area (TPSA) is 83.5 Å². The van der Waals surface area contributed by atoms with Crippen molar-refractivity contribution in [1.82, 2.24) is 10.3 Å². The van der Waals surface area contributed by atoms with Crippen molar-refractivity contribution in [2.75, 3.05) is 12.4 Å². The molecule has 3 atom stereocenters. The number of carbonyl (C=O) groups excluding carboxylic acids is 1. The number of phenolic OH excluding ortho intramolecular Hbond substituents is 1. The van der Waals surface area contributed by atoms with Crippen LogP contribution >= 0.6 is 11.6 Å². The molecule has 1 saturated carbocycles. The molecule has 7 heteroatoms. The van der Waals surface area contributed by atoms with E-state index in [0.29, 0.717) is 29.4 Å². The Balaban J connectivity index is 1.46. The van der Waals surface area contributed by atoms with Gasteiger partial charge in [0.05, 0.1) is 28.9 Å². The quantitative estimate of drug-likeness (QED) is 0.403. The molecule has 3 fully saturated rings. The Morgan fingerprint density at radius 1 is 1.12 bits per heavy atom. The number of aromatic hydroxyl groups is 1. The summed E-state index contributed by atoms with van der Waals surface area (Å²) in [5.41, 5.74) is 4.17. The maximum Gasteiger partial charge on any atom is 0.176 e. The molecule has 6 nitrogen and oxygen atoms in total. The third kappa shape index (κ3) is 3.89. The number of piperidine rings is 1. The van der Waals surface area contributed by atoms with Gasteiger partial charge in [-0.15, -0.1) is 0 Å². The predicted molar refractivity (Wildman–Crippen MR) is 134 cm³/mol. The standard InChI is InChI=1S/C27H28ClN3O3/c1-34-24-10-16(9-22(28)27(24)33)15-4-7-23-20(8-15)25(21(13-29-23)26(32)14-2-3-14)31-19-11-17-5-6-18(12-19)30-17/h4,7-10,13-14,17-19,30,33H,2-3,5-6,11-12H2,1H3,(H,29,31)/t17-,18+,19+. The average molecular weight is 478 g/mol. The highest BCUT2D eigenvalue weighted by Crippen LogP contribution is 2.41. The van der Waals surface area contributed by atoms with E-state index in [4.69, 9.17) is 16.3 Å². The Labute approximate surface area is 203 Å². The molecule has 1 aromatic heterocycles. The van der Waals surface area contributed by atoms with E-state index in [9.17, 15) is 9.90 Å². The second-order valence-electron chi connectivity index (χ2n) is 9.88. The smallest absolute Gasteiger partial charge is 0.176 e. The number of rotatable bonds is 6. The Morgan fingerprint density at radius 3 is 2.59 bits per heavy atom. The van der Waals surface area contributed by atoms with Crippen LogP contribution in [-0.4, -0.2) is 41.1 Å². The molecule has 2 bridgehead atoms. The molecule has 34 heavy (non-hydrogen) atoms. The first kappa shape index (κ1) is 21.7. The molecule has 3 aliphatic rings. The summed E-state index contributed by atoms with van der Waals surface area (Å²) in [6.45, 7) is 0. The number of halogens is 1. The Bertz CT molecular complexity index is 1280. The van der Waals surface area contributed by atoms with Gasteiger partial charge in [0.2, 0.25) is 0 Å². The summed E-state index contributed by atoms with van der Waals surface area (Å²) >= 11 is 6.26. The highest BCUT2D eigenvalue weighted by Gasteiger charge is 2.36. The van der Waals surface area contributed by atoms with Crippen molar-refractivity contribution >= 4 is 34.0 Å². The fourth-order valence-corrected chi connectivity index (χ4v) is 5.77. The number of hydrogen-bond acceptors (Lipinski definition) is 6. The number of ether oxygens (including phenoxy) is 1. The summed E-state index contributed by atoms with van der Waals surface area (Å²) in [7, 11) is 1.50. The van der Waals surface area contributed by atoms with E-state index in [-0.39, 0.29) is 22.5 Å². The van der Waals surface area contributed by atoms with Gasteiger partial charge in [0.15, 0.2) is 17.3 Å². The summed E-state index contributed by atoms with van der Waals surface area (Å²) in [6, 6.07) is 10.9. The van der Waals surface area contributed by atoms with Crippen molar-refractivity contribution in [3.63, 3.8) is 0 Å². The lowest BCUT2D eigenvalue weighted by Gasteiger charge is -2.31. The first-order chi connectivity index (χ1) is 16.5. The Hall–Kier alpha value is -2.83. The van der Waals surface area contributed by atoms with E-state index >= 15 is 0 Å². The van der Waals surface area contributed by atoms with E-state index < -0.39 is 0 Å². The van der Waals surface area contributed by atoms with Crippen molar-refractivity contribution in [2.45, 2.75) is 56.7 Å². The molecular formula is C27H28ClN3O3. The zero-order valence-corrected chi connectivity index (χ0v) is 19.9. The minimum absolute atomic E-state index is 0.0735. The number of anilines is 1. The second-order valence-corrected chi connectivity index (χ2v) is 10.3. The molecule has 0 spiro atoms. The van der Waals surface area contributed by atoms with Crippen molar-refractivity contribution in [3.8, 4) is 22.6 Å². The first-order valence-corrected chi connectivity index (χ1v) is 12.4. The number of phenols is 1. The number of hydrogen-bond donors (Lipinski definition) is 3. The van der Waals surface area contributed by atoms with Crippen LogP contribution in [0.1, 0.15) is 48.9 Å². The van der Waals surface area contributed by atoms with E-state index in [1.54, 1.807) is 18.3 Å². The Kier molecular flexibility index (Phi) is 5.38. The second kappa shape index (κ2) is 8.43. The third-order valence-electron chi connectivity index (χ3n) is 7.48. The zero-order valence-electron chi connectivity index (χ0n) is 19.1. The van der Waals surface area contributed by atoms with Gasteiger partial charge in [-0.05, 0) is 73.9 Å². The summed E-state index contributed by atoms with van der Waals surface area (Å²) < 4.78 is 5.30. The zero-order chi connectivity index (χ0) is 23.4. The van der Waals surface area contributed by atoms with Crippen molar-refractivity contribution in [1.29, 1.82) is 0 Å². The van der Waals surface area contributed by atoms with Crippen LogP contribution in [0.5, 0.6) is 11.5 Å². The molecule has 3 N–H and O–H groups in total. The average Bonchev–Trinajstić information content (AvgIpc) is 3.64. The molecule has 6 rings (SSSR count). The first-order valence-electron chi connectivity index (χ1n) is 12.1. The Morgan fingerprint density at radius 2 is 1.88 bits per heavy atom. The predicted octanol–water partition coefficient (Wildman–Crippen LogP) is 5.56. The number of nitrogens with zero attached hydrogens (tertiary/aromatic N) is 1. The summed E-state index contributed by atoms with van der Waals surface area (Å²) in [4.78, 5) is 17.9. The summed E-state index contributed by atoms with van der Waals surface area (Å²) in [6.07, 6.45) is 8.23. The molecule has 0 unspecified atom stereocenters. The number of carbonyl (C=O) groups is 1. The fraction of sp³-hybridized carbons (Fsp3) is 0.407.